The third kappa shape index (κ3) is 18.7. The lowest BCUT2D eigenvalue weighted by Crippen LogP contribution is -2.06. The first-order valence-electron chi connectivity index (χ1n) is 14.9. The van der Waals surface area contributed by atoms with Crippen molar-refractivity contribution in [2.24, 2.45) is 0 Å². The number of carbonyl (C=O) groups excluding carboxylic acids is 2. The van der Waals surface area contributed by atoms with Crippen LogP contribution in [0.3, 0.4) is 0 Å². The molecule has 0 heterocycles. The standard InChI is InChI=1S/C32H51O8P/c1-27(2)31(33)36-22-16-10-6-8-12-18-24-38-41(35,40-26-30-21-15-14-20-29(30)5)39-25-19-13-9-7-11-17-23-37-32(34)28(3)4/h14-15,20-21H,1,3,6-13,16-19,22-26H2,2,4-5H3. The molecule has 0 aromatic heterocycles. The van der Waals surface area contributed by atoms with Crippen molar-refractivity contribution in [3.63, 3.8) is 0 Å². The molecule has 41 heavy (non-hydrogen) atoms. The number of unbranched alkanes of at least 4 members (excludes halogenated alkanes) is 10. The van der Waals surface area contributed by atoms with Gasteiger partial charge in [-0.15, -0.1) is 0 Å². The normalized spacial score (nSPS) is 11.3. The van der Waals surface area contributed by atoms with Crippen LogP contribution in [0.4, 0.5) is 0 Å². The summed E-state index contributed by atoms with van der Waals surface area (Å²) in [5, 5.41) is 0. The van der Waals surface area contributed by atoms with Crippen molar-refractivity contribution in [3.8, 4) is 0 Å². The quantitative estimate of drug-likeness (QED) is 0.0481. The summed E-state index contributed by atoms with van der Waals surface area (Å²) in [6, 6.07) is 7.81. The van der Waals surface area contributed by atoms with E-state index in [4.69, 9.17) is 23.0 Å². The number of carbonyl (C=O) groups is 2. The van der Waals surface area contributed by atoms with Gasteiger partial charge in [-0.2, -0.15) is 0 Å². The maximum absolute atomic E-state index is 13.4. The highest BCUT2D eigenvalue weighted by molar-refractivity contribution is 7.48. The van der Waals surface area contributed by atoms with E-state index in [0.29, 0.717) is 37.6 Å². The summed E-state index contributed by atoms with van der Waals surface area (Å²) in [5.41, 5.74) is 2.84. The van der Waals surface area contributed by atoms with Gasteiger partial charge < -0.3 is 9.47 Å². The summed E-state index contributed by atoms with van der Waals surface area (Å²) >= 11 is 0. The van der Waals surface area contributed by atoms with Gasteiger partial charge in [0.1, 0.15) is 0 Å². The van der Waals surface area contributed by atoms with Crippen molar-refractivity contribution in [3.05, 3.63) is 59.7 Å². The summed E-state index contributed by atoms with van der Waals surface area (Å²) in [7, 11) is -3.69. The van der Waals surface area contributed by atoms with Gasteiger partial charge in [-0.05, 0) is 57.6 Å². The summed E-state index contributed by atoms with van der Waals surface area (Å²) in [4.78, 5) is 22.7. The SMILES string of the molecule is C=C(C)C(=O)OCCCCCCCCOP(=O)(OCCCCCCCCOC(=O)C(=C)C)OCc1ccccc1C. The molecule has 0 aliphatic rings. The highest BCUT2D eigenvalue weighted by atomic mass is 31.2. The Morgan fingerprint density at radius 2 is 1.02 bits per heavy atom. The van der Waals surface area contributed by atoms with E-state index in [0.717, 1.165) is 88.2 Å². The molecule has 1 aromatic carbocycles. The zero-order valence-corrected chi connectivity index (χ0v) is 26.4. The maximum Gasteiger partial charge on any atom is 0.475 e. The topological polar surface area (TPSA) is 97.4 Å². The van der Waals surface area contributed by atoms with Gasteiger partial charge in [-0.1, -0.05) is 88.8 Å². The van der Waals surface area contributed by atoms with Crippen molar-refractivity contribution in [2.75, 3.05) is 26.4 Å². The van der Waals surface area contributed by atoms with Crippen LogP contribution in [0.2, 0.25) is 0 Å². The van der Waals surface area contributed by atoms with Gasteiger partial charge in [0.2, 0.25) is 0 Å². The van der Waals surface area contributed by atoms with E-state index in [2.05, 4.69) is 13.2 Å². The fourth-order valence-corrected chi connectivity index (χ4v) is 5.01. The zero-order chi connectivity index (χ0) is 30.3. The second kappa shape index (κ2) is 22.4. The molecular formula is C32H51O8P. The Morgan fingerprint density at radius 1 is 0.634 bits per heavy atom. The molecule has 0 spiro atoms. The molecule has 0 fully saturated rings. The first-order chi connectivity index (χ1) is 19.6. The minimum atomic E-state index is -3.69. The number of hydrogen-bond acceptors (Lipinski definition) is 8. The Labute approximate surface area is 247 Å². The fraction of sp³-hybridized carbons (Fsp3) is 0.625. The fourth-order valence-electron chi connectivity index (χ4n) is 3.78. The van der Waals surface area contributed by atoms with E-state index in [1.54, 1.807) is 13.8 Å². The summed E-state index contributed by atoms with van der Waals surface area (Å²) in [5.74, 6) is -0.677. The molecule has 0 aliphatic heterocycles. The van der Waals surface area contributed by atoms with Crippen LogP contribution in [0, 0.1) is 6.92 Å². The van der Waals surface area contributed by atoms with Crippen LogP contribution in [0.15, 0.2) is 48.6 Å². The largest absolute Gasteiger partial charge is 0.475 e. The lowest BCUT2D eigenvalue weighted by molar-refractivity contribution is -0.139. The van der Waals surface area contributed by atoms with Crippen molar-refractivity contribution in [2.45, 2.75) is 104 Å². The molecule has 0 aliphatic carbocycles. The van der Waals surface area contributed by atoms with Crippen molar-refractivity contribution in [1.29, 1.82) is 0 Å². The highest BCUT2D eigenvalue weighted by Gasteiger charge is 2.26. The van der Waals surface area contributed by atoms with Gasteiger partial charge in [-0.25, -0.2) is 14.2 Å². The molecule has 1 rings (SSSR count). The Balaban J connectivity index is 2.29. The number of ether oxygens (including phenoxy) is 2. The van der Waals surface area contributed by atoms with Gasteiger partial charge in [0.15, 0.2) is 0 Å². The maximum atomic E-state index is 13.4. The van der Waals surface area contributed by atoms with Gasteiger partial charge in [0.25, 0.3) is 0 Å². The molecule has 0 saturated heterocycles. The first-order valence-corrected chi connectivity index (χ1v) is 16.3. The second-order valence-corrected chi connectivity index (χ2v) is 12.1. The molecular weight excluding hydrogens is 543 g/mol. The van der Waals surface area contributed by atoms with E-state index in [1.165, 1.54) is 0 Å². The lowest BCUT2D eigenvalue weighted by atomic mass is 10.1. The predicted octanol–water partition coefficient (Wildman–Crippen LogP) is 8.57. The average Bonchev–Trinajstić information content (AvgIpc) is 2.94. The Morgan fingerprint density at radius 3 is 1.44 bits per heavy atom. The van der Waals surface area contributed by atoms with Crippen LogP contribution in [0.1, 0.15) is 102 Å². The predicted molar refractivity (Wildman–Crippen MR) is 162 cm³/mol. The van der Waals surface area contributed by atoms with E-state index < -0.39 is 7.82 Å². The smallest absolute Gasteiger partial charge is 0.462 e. The highest BCUT2D eigenvalue weighted by Crippen LogP contribution is 2.50. The summed E-state index contributed by atoms with van der Waals surface area (Å²) in [6.07, 6.45) is 11.1. The average molecular weight is 595 g/mol. The van der Waals surface area contributed by atoms with Gasteiger partial charge in [0.05, 0.1) is 33.0 Å². The van der Waals surface area contributed by atoms with Crippen LogP contribution < -0.4 is 0 Å². The molecule has 1 aromatic rings. The van der Waals surface area contributed by atoms with Crippen LogP contribution in [-0.4, -0.2) is 38.4 Å². The van der Waals surface area contributed by atoms with E-state index >= 15 is 0 Å². The van der Waals surface area contributed by atoms with Crippen molar-refractivity contribution >= 4 is 19.8 Å². The first kappa shape index (κ1) is 36.8. The molecule has 0 saturated carbocycles. The number of aryl methyl sites for hydroxylation is 1. The molecule has 0 amide bonds. The molecule has 0 unspecified atom stereocenters. The summed E-state index contributed by atoms with van der Waals surface area (Å²) in [6.45, 7) is 14.0. The monoisotopic (exact) mass is 594 g/mol. The second-order valence-electron chi connectivity index (χ2n) is 10.4. The van der Waals surface area contributed by atoms with Crippen LogP contribution >= 0.6 is 7.82 Å². The molecule has 0 bridgehead atoms. The van der Waals surface area contributed by atoms with Gasteiger partial charge >= 0.3 is 19.8 Å². The lowest BCUT2D eigenvalue weighted by Gasteiger charge is -2.19. The number of phosphoric ester groups is 1. The molecule has 232 valence electrons. The number of phosphoric acid groups is 1. The Kier molecular flexibility index (Phi) is 20.1. The zero-order valence-electron chi connectivity index (χ0n) is 25.5. The number of rotatable bonds is 25. The minimum absolute atomic E-state index is 0.163. The Hall–Kier alpha value is -2.25. The molecule has 0 radical (unpaired) electrons. The molecule has 8 nitrogen and oxygen atoms in total. The van der Waals surface area contributed by atoms with Crippen LogP contribution in [-0.2, 0) is 43.8 Å². The Bertz CT molecular complexity index is 924. The van der Waals surface area contributed by atoms with Gasteiger partial charge in [-0.3, -0.25) is 13.6 Å². The van der Waals surface area contributed by atoms with Crippen LogP contribution in [0.5, 0.6) is 0 Å². The minimum Gasteiger partial charge on any atom is -0.462 e. The van der Waals surface area contributed by atoms with Crippen molar-refractivity contribution < 1.29 is 37.2 Å². The van der Waals surface area contributed by atoms with E-state index in [-0.39, 0.29) is 18.5 Å². The van der Waals surface area contributed by atoms with Crippen LogP contribution in [0.25, 0.3) is 0 Å². The molecule has 0 atom stereocenters. The van der Waals surface area contributed by atoms with Gasteiger partial charge in [0, 0.05) is 11.1 Å². The third-order valence-corrected chi connectivity index (χ3v) is 7.82. The molecule has 0 N–H and O–H groups in total. The van der Waals surface area contributed by atoms with E-state index in [1.807, 2.05) is 31.2 Å². The van der Waals surface area contributed by atoms with E-state index in [9.17, 15) is 14.2 Å². The number of esters is 2. The molecule has 9 heteroatoms. The summed E-state index contributed by atoms with van der Waals surface area (Å²) < 4.78 is 40.7. The van der Waals surface area contributed by atoms with Crippen molar-refractivity contribution in [1.82, 2.24) is 0 Å². The number of hydrogen-bond donors (Lipinski definition) is 0. The number of benzene rings is 1. The third-order valence-electron chi connectivity index (χ3n) is 6.38.